The Balaban J connectivity index is 0.000000751. The van der Waals surface area contributed by atoms with Gasteiger partial charge in [-0.05, 0) is 106 Å². The van der Waals surface area contributed by atoms with E-state index in [0.29, 0.717) is 17.1 Å². The third kappa shape index (κ3) is 5.34. The van der Waals surface area contributed by atoms with Gasteiger partial charge in [-0.3, -0.25) is 14.6 Å². The number of aliphatic carboxylic acids is 1. The fraction of sp³-hybridized carbons (Fsp3) is 0.828. The molecule has 0 heterocycles. The molecule has 0 spiro atoms. The molecule has 6 atom stereocenters. The van der Waals surface area contributed by atoms with Crippen molar-refractivity contribution in [3.8, 4) is 0 Å². The molecule has 0 aromatic heterocycles. The third-order valence-electron chi connectivity index (χ3n) is 10.1. The predicted octanol–water partition coefficient (Wildman–Crippen LogP) is 6.03. The van der Waals surface area contributed by atoms with E-state index in [0.717, 1.165) is 63.7 Å². The number of nitrogens with zero attached hydrogens (tertiary/aromatic N) is 2. The van der Waals surface area contributed by atoms with Gasteiger partial charge < -0.3 is 10.0 Å². The number of carbonyl (C=O) groups is 2. The van der Waals surface area contributed by atoms with Crippen LogP contribution in [0.3, 0.4) is 0 Å². The van der Waals surface area contributed by atoms with Crippen molar-refractivity contribution in [2.24, 2.45) is 39.5 Å². The largest absolute Gasteiger partial charge is 0.481 e. The number of allylic oxidation sites excluding steroid dienone is 2. The Kier molecular flexibility index (Phi) is 8.81. The van der Waals surface area contributed by atoms with Crippen LogP contribution in [0.1, 0.15) is 92.9 Å². The average Bonchev–Trinajstić information content (AvgIpc) is 3.14. The number of hydrogen-bond acceptors (Lipinski definition) is 4. The lowest BCUT2D eigenvalue weighted by atomic mass is 9.46. The molecule has 0 aliphatic heterocycles. The second-order valence-electron chi connectivity index (χ2n) is 11.7. The van der Waals surface area contributed by atoms with Crippen molar-refractivity contribution in [2.75, 3.05) is 26.2 Å². The topological polar surface area (TPSA) is 70.0 Å². The first-order valence-electron chi connectivity index (χ1n) is 13.7. The van der Waals surface area contributed by atoms with Crippen molar-refractivity contribution in [3.63, 3.8) is 0 Å². The minimum Gasteiger partial charge on any atom is -0.481 e. The SMILES string of the molecule is CC(=O)O.CCN(CC)CCN=C1C=C2CC[C@H]3[C@@H]4CC[C@H](C(C)=O)[C@@]4(C)CC[C@@H]3[C@@]2(C)CC1. The summed E-state index contributed by atoms with van der Waals surface area (Å²) in [6, 6.07) is 0. The molecule has 0 saturated heterocycles. The molecule has 0 amide bonds. The molecule has 0 aromatic carbocycles. The zero-order valence-corrected chi connectivity index (χ0v) is 22.5. The van der Waals surface area contributed by atoms with Gasteiger partial charge in [-0.1, -0.05) is 33.3 Å². The second-order valence-corrected chi connectivity index (χ2v) is 11.7. The van der Waals surface area contributed by atoms with Gasteiger partial charge in [0.1, 0.15) is 5.78 Å². The number of carboxylic acid groups (broad SMARTS) is 1. The van der Waals surface area contributed by atoms with Gasteiger partial charge in [-0.15, -0.1) is 0 Å². The fourth-order valence-electron chi connectivity index (χ4n) is 8.24. The van der Waals surface area contributed by atoms with Crippen molar-refractivity contribution in [3.05, 3.63) is 11.6 Å². The van der Waals surface area contributed by atoms with Gasteiger partial charge >= 0.3 is 0 Å². The summed E-state index contributed by atoms with van der Waals surface area (Å²) in [6.45, 7) is 16.7. The molecule has 0 radical (unpaired) electrons. The van der Waals surface area contributed by atoms with Crippen LogP contribution in [-0.2, 0) is 9.59 Å². The number of carbonyl (C=O) groups excluding carboxylic acids is 1. The smallest absolute Gasteiger partial charge is 0.300 e. The zero-order valence-electron chi connectivity index (χ0n) is 22.5. The first-order chi connectivity index (χ1) is 16.1. The summed E-state index contributed by atoms with van der Waals surface area (Å²) in [6.07, 6.45) is 12.5. The molecule has 4 aliphatic rings. The predicted molar refractivity (Wildman–Crippen MR) is 139 cm³/mol. The summed E-state index contributed by atoms with van der Waals surface area (Å²) >= 11 is 0. The Morgan fingerprint density at radius 3 is 2.32 bits per heavy atom. The monoisotopic (exact) mass is 472 g/mol. The number of Topliss-reactive ketones (excluding diaryl/α,β-unsaturated/α-hetero) is 1. The Hall–Kier alpha value is -1.49. The molecule has 34 heavy (non-hydrogen) atoms. The van der Waals surface area contributed by atoms with Crippen molar-refractivity contribution in [2.45, 2.75) is 92.9 Å². The van der Waals surface area contributed by atoms with Crippen molar-refractivity contribution in [1.82, 2.24) is 4.90 Å². The van der Waals surface area contributed by atoms with Crippen LogP contribution >= 0.6 is 0 Å². The third-order valence-corrected chi connectivity index (χ3v) is 10.1. The molecule has 4 aliphatic carbocycles. The minimum absolute atomic E-state index is 0.274. The van der Waals surface area contributed by atoms with Crippen LogP contribution in [0.25, 0.3) is 0 Å². The molecule has 0 bridgehead atoms. The van der Waals surface area contributed by atoms with Gasteiger partial charge in [-0.2, -0.15) is 0 Å². The van der Waals surface area contributed by atoms with E-state index in [2.05, 4.69) is 38.7 Å². The summed E-state index contributed by atoms with van der Waals surface area (Å²) in [4.78, 5) is 28.8. The quantitative estimate of drug-likeness (QED) is 0.512. The van der Waals surface area contributed by atoms with E-state index in [1.54, 1.807) is 5.57 Å². The van der Waals surface area contributed by atoms with Crippen LogP contribution in [0.2, 0.25) is 0 Å². The zero-order chi connectivity index (χ0) is 25.1. The molecule has 192 valence electrons. The van der Waals surface area contributed by atoms with Crippen LogP contribution in [0.15, 0.2) is 16.6 Å². The van der Waals surface area contributed by atoms with Crippen LogP contribution in [0.5, 0.6) is 0 Å². The van der Waals surface area contributed by atoms with Gasteiger partial charge in [0.15, 0.2) is 0 Å². The van der Waals surface area contributed by atoms with Gasteiger partial charge in [0.25, 0.3) is 5.97 Å². The molecule has 4 rings (SSSR count). The molecule has 5 heteroatoms. The maximum atomic E-state index is 12.3. The summed E-state index contributed by atoms with van der Waals surface area (Å²) < 4.78 is 0. The number of hydrogen-bond donors (Lipinski definition) is 1. The highest BCUT2D eigenvalue weighted by molar-refractivity contribution is 5.96. The molecular formula is C29H48N2O3. The molecule has 0 aromatic rings. The lowest BCUT2D eigenvalue weighted by Gasteiger charge is -2.58. The van der Waals surface area contributed by atoms with Crippen molar-refractivity contribution < 1.29 is 14.7 Å². The van der Waals surface area contributed by atoms with Crippen LogP contribution in [0.4, 0.5) is 0 Å². The molecule has 3 saturated carbocycles. The van der Waals surface area contributed by atoms with Crippen LogP contribution in [-0.4, -0.2) is 53.6 Å². The molecule has 0 unspecified atom stereocenters. The van der Waals surface area contributed by atoms with E-state index in [4.69, 9.17) is 14.9 Å². The lowest BCUT2D eigenvalue weighted by Crippen LogP contribution is -2.51. The van der Waals surface area contributed by atoms with E-state index >= 15 is 0 Å². The molecular weight excluding hydrogens is 424 g/mol. The van der Waals surface area contributed by atoms with Gasteiger partial charge in [0, 0.05) is 25.1 Å². The highest BCUT2D eigenvalue weighted by Gasteiger charge is 2.59. The Labute approximate surface area is 207 Å². The van der Waals surface area contributed by atoms with Crippen LogP contribution < -0.4 is 0 Å². The summed E-state index contributed by atoms with van der Waals surface area (Å²) in [5.74, 6) is 2.36. The average molecular weight is 473 g/mol. The van der Waals surface area contributed by atoms with Crippen LogP contribution in [0, 0.1) is 34.5 Å². The molecule has 1 N–H and O–H groups in total. The molecule has 5 nitrogen and oxygen atoms in total. The first-order valence-corrected chi connectivity index (χ1v) is 13.7. The van der Waals surface area contributed by atoms with E-state index in [9.17, 15) is 4.79 Å². The summed E-state index contributed by atoms with van der Waals surface area (Å²) in [5, 5.41) is 7.42. The maximum Gasteiger partial charge on any atom is 0.300 e. The van der Waals surface area contributed by atoms with Gasteiger partial charge in [-0.25, -0.2) is 0 Å². The van der Waals surface area contributed by atoms with Crippen molar-refractivity contribution in [1.29, 1.82) is 0 Å². The Bertz CT molecular complexity index is 810. The Morgan fingerprint density at radius 1 is 1.03 bits per heavy atom. The minimum atomic E-state index is -0.833. The number of aliphatic imine (C=N–C) groups is 1. The maximum absolute atomic E-state index is 12.3. The van der Waals surface area contributed by atoms with Gasteiger partial charge in [0.05, 0.1) is 6.54 Å². The summed E-state index contributed by atoms with van der Waals surface area (Å²) in [7, 11) is 0. The number of fused-ring (bicyclic) bond motifs is 5. The number of likely N-dealkylation sites (N-methyl/N-ethyl adjacent to an activating group) is 1. The van der Waals surface area contributed by atoms with E-state index in [1.165, 1.54) is 44.2 Å². The lowest BCUT2D eigenvalue weighted by molar-refractivity contribution is -0.134. The van der Waals surface area contributed by atoms with E-state index in [-0.39, 0.29) is 5.41 Å². The summed E-state index contributed by atoms with van der Waals surface area (Å²) in [5.41, 5.74) is 3.69. The second kappa shape index (κ2) is 11.1. The van der Waals surface area contributed by atoms with E-state index in [1.807, 2.05) is 6.92 Å². The first kappa shape index (κ1) is 27.1. The Morgan fingerprint density at radius 2 is 1.71 bits per heavy atom. The normalized spacial score (nSPS) is 37.7. The number of rotatable bonds is 6. The standard InChI is InChI=1S/C27H44N2O.C2H4O2/c1-6-29(7-2)17-16-28-21-12-14-26(4)20(18-21)8-9-22-24-11-10-23(19(3)30)27(24,5)15-13-25(22)26;1-2(3)4/h18,22-25H,6-17H2,1-5H3;1H3,(H,3,4)/t22-,23+,24-,25-,26-,27+;/m0./s1. The number of carboxylic acids is 1. The van der Waals surface area contributed by atoms with Crippen molar-refractivity contribution >= 4 is 17.5 Å². The highest BCUT2D eigenvalue weighted by Crippen LogP contribution is 2.66. The highest BCUT2D eigenvalue weighted by atomic mass is 16.4. The van der Waals surface area contributed by atoms with Gasteiger partial charge in [0.2, 0.25) is 0 Å². The number of ketones is 1. The molecule has 3 fully saturated rings. The fourth-order valence-corrected chi connectivity index (χ4v) is 8.24. The van der Waals surface area contributed by atoms with E-state index < -0.39 is 5.97 Å².